The van der Waals surface area contributed by atoms with E-state index < -0.39 is 0 Å². The summed E-state index contributed by atoms with van der Waals surface area (Å²) in [5.74, 6) is 6.94. The lowest BCUT2D eigenvalue weighted by atomic mass is 9.90. The van der Waals surface area contributed by atoms with Crippen LogP contribution in [0.15, 0.2) is 48.7 Å². The van der Waals surface area contributed by atoms with Crippen LogP contribution < -0.4 is 16.2 Å². The van der Waals surface area contributed by atoms with E-state index in [4.69, 9.17) is 5.84 Å². The molecule has 0 aliphatic carbocycles. The van der Waals surface area contributed by atoms with Crippen LogP contribution in [0.5, 0.6) is 0 Å². The van der Waals surface area contributed by atoms with Crippen molar-refractivity contribution >= 4 is 11.5 Å². The third-order valence-electron chi connectivity index (χ3n) is 4.24. The molecule has 1 aliphatic rings. The van der Waals surface area contributed by atoms with Gasteiger partial charge in [-0.2, -0.15) is 0 Å². The Morgan fingerprint density at radius 1 is 1.14 bits per heavy atom. The van der Waals surface area contributed by atoms with Crippen LogP contribution in [0.2, 0.25) is 0 Å². The lowest BCUT2D eigenvalue weighted by Crippen LogP contribution is -2.34. The van der Waals surface area contributed by atoms with E-state index in [0.29, 0.717) is 0 Å². The number of hydrazine groups is 1. The van der Waals surface area contributed by atoms with Crippen molar-refractivity contribution in [1.82, 2.24) is 4.98 Å². The fourth-order valence-electron chi connectivity index (χ4n) is 3.04. The van der Waals surface area contributed by atoms with Gasteiger partial charge >= 0.3 is 0 Å². The summed E-state index contributed by atoms with van der Waals surface area (Å²) < 4.78 is 0. The molecule has 1 aromatic heterocycles. The average molecular weight is 282 g/mol. The number of anilines is 2. The van der Waals surface area contributed by atoms with Gasteiger partial charge in [-0.15, -0.1) is 0 Å². The minimum Gasteiger partial charge on any atom is -0.371 e. The number of aromatic nitrogens is 1. The second kappa shape index (κ2) is 6.59. The Balaban J connectivity index is 1.57. The third-order valence-corrected chi connectivity index (χ3v) is 4.24. The van der Waals surface area contributed by atoms with Gasteiger partial charge in [0.05, 0.1) is 0 Å². The van der Waals surface area contributed by atoms with Gasteiger partial charge in [-0.25, -0.2) is 10.8 Å². The highest BCUT2D eigenvalue weighted by atomic mass is 15.3. The SMILES string of the molecule is NNc1cc(N2CCC(Cc3ccccc3)CC2)ccn1. The molecule has 4 heteroatoms. The van der Waals surface area contributed by atoms with Gasteiger partial charge in [0.2, 0.25) is 0 Å². The maximum Gasteiger partial charge on any atom is 0.141 e. The number of nitrogens with two attached hydrogens (primary N) is 1. The van der Waals surface area contributed by atoms with E-state index in [0.717, 1.165) is 24.8 Å². The van der Waals surface area contributed by atoms with Crippen molar-refractivity contribution in [1.29, 1.82) is 0 Å². The summed E-state index contributed by atoms with van der Waals surface area (Å²) in [5, 5.41) is 0. The first-order valence-electron chi connectivity index (χ1n) is 7.56. The monoisotopic (exact) mass is 282 g/mol. The molecule has 1 fully saturated rings. The van der Waals surface area contributed by atoms with E-state index in [9.17, 15) is 0 Å². The van der Waals surface area contributed by atoms with Crippen LogP contribution in [0.25, 0.3) is 0 Å². The summed E-state index contributed by atoms with van der Waals surface area (Å²) in [6.07, 6.45) is 5.48. The molecule has 2 heterocycles. The zero-order valence-corrected chi connectivity index (χ0v) is 12.2. The smallest absolute Gasteiger partial charge is 0.141 e. The Morgan fingerprint density at radius 3 is 2.62 bits per heavy atom. The van der Waals surface area contributed by atoms with Crippen LogP contribution in [-0.2, 0) is 6.42 Å². The summed E-state index contributed by atoms with van der Waals surface area (Å²) in [7, 11) is 0. The molecule has 3 N–H and O–H groups in total. The predicted molar refractivity (Wildman–Crippen MR) is 87.1 cm³/mol. The van der Waals surface area contributed by atoms with Crippen LogP contribution in [0.1, 0.15) is 18.4 Å². The highest BCUT2D eigenvalue weighted by Crippen LogP contribution is 2.26. The van der Waals surface area contributed by atoms with Crippen LogP contribution in [0.4, 0.5) is 11.5 Å². The molecular weight excluding hydrogens is 260 g/mol. The van der Waals surface area contributed by atoms with Crippen molar-refractivity contribution in [3.05, 3.63) is 54.2 Å². The molecule has 3 rings (SSSR count). The van der Waals surface area contributed by atoms with Gasteiger partial charge in [-0.05, 0) is 36.8 Å². The van der Waals surface area contributed by atoms with Crippen molar-refractivity contribution < 1.29 is 0 Å². The van der Waals surface area contributed by atoms with Gasteiger partial charge in [-0.1, -0.05) is 30.3 Å². The number of pyridine rings is 1. The number of rotatable bonds is 4. The van der Waals surface area contributed by atoms with Gasteiger partial charge < -0.3 is 10.3 Å². The number of nitrogens with one attached hydrogen (secondary N) is 1. The molecule has 1 aromatic carbocycles. The molecule has 2 aromatic rings. The first-order valence-corrected chi connectivity index (χ1v) is 7.56. The molecule has 1 saturated heterocycles. The highest BCUT2D eigenvalue weighted by molar-refractivity contribution is 5.53. The Bertz CT molecular complexity index is 562. The van der Waals surface area contributed by atoms with E-state index in [1.807, 2.05) is 6.07 Å². The first kappa shape index (κ1) is 13.9. The van der Waals surface area contributed by atoms with Crippen molar-refractivity contribution in [2.75, 3.05) is 23.4 Å². The Kier molecular flexibility index (Phi) is 4.36. The minimum absolute atomic E-state index is 0.721. The number of hydrogen-bond acceptors (Lipinski definition) is 4. The molecule has 110 valence electrons. The number of hydrogen-bond donors (Lipinski definition) is 2. The molecule has 0 spiro atoms. The van der Waals surface area contributed by atoms with Crippen LogP contribution >= 0.6 is 0 Å². The van der Waals surface area contributed by atoms with E-state index >= 15 is 0 Å². The van der Waals surface area contributed by atoms with Crippen LogP contribution in [0.3, 0.4) is 0 Å². The fraction of sp³-hybridized carbons (Fsp3) is 0.353. The molecular formula is C17H22N4. The molecule has 4 nitrogen and oxygen atoms in total. The summed E-state index contributed by atoms with van der Waals surface area (Å²) in [4.78, 5) is 6.58. The van der Waals surface area contributed by atoms with Crippen molar-refractivity contribution in [3.63, 3.8) is 0 Å². The zero-order chi connectivity index (χ0) is 14.5. The standard InChI is InChI=1S/C17H22N4/c18-20-17-13-16(6-9-19-17)21-10-7-15(8-11-21)12-14-4-2-1-3-5-14/h1-6,9,13,15H,7-8,10-12,18H2,(H,19,20). The number of nitrogens with zero attached hydrogens (tertiary/aromatic N) is 2. The van der Waals surface area contributed by atoms with E-state index in [1.54, 1.807) is 6.20 Å². The molecule has 0 saturated carbocycles. The largest absolute Gasteiger partial charge is 0.371 e. The van der Waals surface area contributed by atoms with Gasteiger partial charge in [0, 0.05) is 31.0 Å². The number of nitrogen functional groups attached to an aromatic ring is 1. The second-order valence-corrected chi connectivity index (χ2v) is 5.66. The molecule has 0 radical (unpaired) electrons. The lowest BCUT2D eigenvalue weighted by Gasteiger charge is -2.33. The zero-order valence-electron chi connectivity index (χ0n) is 12.2. The van der Waals surface area contributed by atoms with Crippen molar-refractivity contribution in [2.45, 2.75) is 19.3 Å². The average Bonchev–Trinajstić information content (AvgIpc) is 2.56. The molecule has 0 amide bonds. The number of piperidine rings is 1. The summed E-state index contributed by atoms with van der Waals surface area (Å²) in [6, 6.07) is 14.9. The molecule has 1 aliphatic heterocycles. The lowest BCUT2D eigenvalue weighted by molar-refractivity contribution is 0.404. The topological polar surface area (TPSA) is 54.2 Å². The highest BCUT2D eigenvalue weighted by Gasteiger charge is 2.19. The molecule has 0 atom stereocenters. The van der Waals surface area contributed by atoms with E-state index in [-0.39, 0.29) is 0 Å². The van der Waals surface area contributed by atoms with E-state index in [1.165, 1.54) is 30.5 Å². The number of benzene rings is 1. The maximum absolute atomic E-state index is 5.43. The normalized spacial score (nSPS) is 16.0. The van der Waals surface area contributed by atoms with Crippen LogP contribution in [0, 0.1) is 5.92 Å². The maximum atomic E-state index is 5.43. The second-order valence-electron chi connectivity index (χ2n) is 5.66. The summed E-state index contributed by atoms with van der Waals surface area (Å²) in [5.41, 5.74) is 5.27. The van der Waals surface area contributed by atoms with Gasteiger partial charge in [0.15, 0.2) is 0 Å². The van der Waals surface area contributed by atoms with Crippen molar-refractivity contribution in [3.8, 4) is 0 Å². The van der Waals surface area contributed by atoms with E-state index in [2.05, 4.69) is 51.7 Å². The quantitative estimate of drug-likeness (QED) is 0.669. The summed E-state index contributed by atoms with van der Waals surface area (Å²) >= 11 is 0. The molecule has 21 heavy (non-hydrogen) atoms. The van der Waals surface area contributed by atoms with Crippen LogP contribution in [-0.4, -0.2) is 18.1 Å². The Hall–Kier alpha value is -2.07. The van der Waals surface area contributed by atoms with Gasteiger partial charge in [0.25, 0.3) is 0 Å². The first-order chi connectivity index (χ1) is 10.3. The summed E-state index contributed by atoms with van der Waals surface area (Å²) in [6.45, 7) is 2.21. The van der Waals surface area contributed by atoms with Crippen molar-refractivity contribution in [2.24, 2.45) is 11.8 Å². The van der Waals surface area contributed by atoms with Gasteiger partial charge in [0.1, 0.15) is 5.82 Å². The Labute approximate surface area is 126 Å². The fourth-order valence-corrected chi connectivity index (χ4v) is 3.04. The van der Waals surface area contributed by atoms with Gasteiger partial charge in [-0.3, -0.25) is 0 Å². The predicted octanol–water partition coefficient (Wildman–Crippen LogP) is 2.83. The molecule has 0 unspecified atom stereocenters. The third kappa shape index (κ3) is 3.52. The molecule has 0 bridgehead atoms. The minimum atomic E-state index is 0.721. The Morgan fingerprint density at radius 2 is 1.90 bits per heavy atom.